The number of hydrogen-bond donors (Lipinski definition) is 1. The Bertz CT molecular complexity index is 629. The first kappa shape index (κ1) is 13.9. The number of fused-ring (bicyclic) bond motifs is 1. The second-order valence-corrected chi connectivity index (χ2v) is 5.27. The van der Waals surface area contributed by atoms with Gasteiger partial charge in [-0.2, -0.15) is 10.3 Å². The molecule has 7 nitrogen and oxygen atoms in total. The molecule has 1 amide bonds. The molecule has 0 saturated carbocycles. The number of aromatic amines is 1. The van der Waals surface area contributed by atoms with E-state index in [0.717, 1.165) is 12.8 Å². The fraction of sp³-hybridized carbons (Fsp3) is 0.571. The fourth-order valence-corrected chi connectivity index (χ4v) is 2.56. The van der Waals surface area contributed by atoms with Crippen LogP contribution in [0.2, 0.25) is 0 Å². The van der Waals surface area contributed by atoms with Gasteiger partial charge in [-0.1, -0.05) is 13.8 Å². The Morgan fingerprint density at radius 1 is 1.29 bits per heavy atom. The molecular formula is C14H19N5O2. The van der Waals surface area contributed by atoms with Crippen molar-refractivity contribution in [2.45, 2.75) is 38.9 Å². The smallest absolute Gasteiger partial charge is 0.272 e. The largest absolute Gasteiger partial charge is 0.371 e. The van der Waals surface area contributed by atoms with Gasteiger partial charge in [-0.25, -0.2) is 4.98 Å². The molecule has 0 aliphatic carbocycles. The molecule has 0 spiro atoms. The molecule has 1 aliphatic rings. The molecule has 3 rings (SSSR count). The van der Waals surface area contributed by atoms with Crippen LogP contribution in [0.1, 0.15) is 37.2 Å². The van der Waals surface area contributed by atoms with Crippen LogP contribution in [0.25, 0.3) is 11.2 Å². The van der Waals surface area contributed by atoms with Gasteiger partial charge >= 0.3 is 0 Å². The normalized spacial score (nSPS) is 22.7. The molecule has 1 saturated heterocycles. The van der Waals surface area contributed by atoms with Gasteiger partial charge in [0.15, 0.2) is 0 Å². The van der Waals surface area contributed by atoms with Gasteiger partial charge in [0.05, 0.1) is 12.2 Å². The first-order chi connectivity index (χ1) is 10.2. The number of amides is 1. The van der Waals surface area contributed by atoms with E-state index in [-0.39, 0.29) is 18.1 Å². The summed E-state index contributed by atoms with van der Waals surface area (Å²) in [7, 11) is 0. The third kappa shape index (κ3) is 2.73. The van der Waals surface area contributed by atoms with Crippen LogP contribution in [0.5, 0.6) is 0 Å². The molecule has 1 aliphatic heterocycles. The lowest BCUT2D eigenvalue weighted by Gasteiger charge is -2.37. The van der Waals surface area contributed by atoms with Crippen LogP contribution in [-0.4, -0.2) is 56.5 Å². The number of rotatable bonds is 3. The third-order valence-electron chi connectivity index (χ3n) is 3.83. The van der Waals surface area contributed by atoms with E-state index in [2.05, 4.69) is 34.2 Å². The highest BCUT2D eigenvalue weighted by Crippen LogP contribution is 2.18. The highest BCUT2D eigenvalue weighted by Gasteiger charge is 2.30. The SMILES string of the molecule is CCC1CN(C(=O)c2ccc3n[nH]nc3n2)CC(CC)O1. The van der Waals surface area contributed by atoms with Crippen LogP contribution in [0.4, 0.5) is 0 Å². The number of hydrogen-bond acceptors (Lipinski definition) is 5. The van der Waals surface area contributed by atoms with Crippen LogP contribution in [0.15, 0.2) is 12.1 Å². The first-order valence-corrected chi connectivity index (χ1v) is 7.33. The molecule has 3 heterocycles. The van der Waals surface area contributed by atoms with Gasteiger partial charge in [0.25, 0.3) is 5.91 Å². The molecule has 7 heteroatoms. The average molecular weight is 289 g/mol. The van der Waals surface area contributed by atoms with E-state index in [0.29, 0.717) is 29.9 Å². The van der Waals surface area contributed by atoms with Crippen molar-refractivity contribution in [3.63, 3.8) is 0 Å². The second-order valence-electron chi connectivity index (χ2n) is 5.27. The van der Waals surface area contributed by atoms with E-state index in [4.69, 9.17) is 4.74 Å². The monoisotopic (exact) mass is 289 g/mol. The van der Waals surface area contributed by atoms with Crippen LogP contribution < -0.4 is 0 Å². The number of carbonyl (C=O) groups excluding carboxylic acids is 1. The zero-order chi connectivity index (χ0) is 14.8. The Kier molecular flexibility index (Phi) is 3.83. The fourth-order valence-electron chi connectivity index (χ4n) is 2.56. The molecule has 2 aromatic heterocycles. The molecule has 1 fully saturated rings. The third-order valence-corrected chi connectivity index (χ3v) is 3.83. The highest BCUT2D eigenvalue weighted by atomic mass is 16.5. The van der Waals surface area contributed by atoms with Crippen molar-refractivity contribution in [3.8, 4) is 0 Å². The van der Waals surface area contributed by atoms with Gasteiger partial charge in [-0.3, -0.25) is 4.79 Å². The number of nitrogens with zero attached hydrogens (tertiary/aromatic N) is 4. The lowest BCUT2D eigenvalue weighted by molar-refractivity contribution is -0.0773. The summed E-state index contributed by atoms with van der Waals surface area (Å²) in [4.78, 5) is 18.7. The van der Waals surface area contributed by atoms with Crippen molar-refractivity contribution in [1.29, 1.82) is 0 Å². The number of aromatic nitrogens is 4. The maximum Gasteiger partial charge on any atom is 0.272 e. The Hall–Kier alpha value is -2.02. The number of nitrogens with one attached hydrogen (secondary N) is 1. The summed E-state index contributed by atoms with van der Waals surface area (Å²) in [6.07, 6.45) is 2.00. The van der Waals surface area contributed by atoms with Crippen LogP contribution in [0, 0.1) is 0 Å². The van der Waals surface area contributed by atoms with Gasteiger partial charge < -0.3 is 9.64 Å². The summed E-state index contributed by atoms with van der Waals surface area (Å²) >= 11 is 0. The Morgan fingerprint density at radius 3 is 2.67 bits per heavy atom. The molecule has 2 unspecified atom stereocenters. The van der Waals surface area contributed by atoms with E-state index >= 15 is 0 Å². The lowest BCUT2D eigenvalue weighted by atomic mass is 10.1. The second kappa shape index (κ2) is 5.77. The van der Waals surface area contributed by atoms with E-state index in [9.17, 15) is 4.79 Å². The summed E-state index contributed by atoms with van der Waals surface area (Å²) in [5.41, 5.74) is 1.53. The number of morpholine rings is 1. The van der Waals surface area contributed by atoms with Crippen molar-refractivity contribution in [2.24, 2.45) is 0 Å². The highest BCUT2D eigenvalue weighted by molar-refractivity contribution is 5.94. The van der Waals surface area contributed by atoms with Crippen molar-refractivity contribution in [2.75, 3.05) is 13.1 Å². The van der Waals surface area contributed by atoms with E-state index in [1.807, 2.05) is 4.90 Å². The predicted octanol–water partition coefficient (Wildman–Crippen LogP) is 1.38. The van der Waals surface area contributed by atoms with Gasteiger partial charge in [-0.05, 0) is 25.0 Å². The summed E-state index contributed by atoms with van der Waals surface area (Å²) in [5, 5.41) is 10.4. The van der Waals surface area contributed by atoms with Gasteiger partial charge in [0, 0.05) is 13.1 Å². The van der Waals surface area contributed by atoms with Crippen molar-refractivity contribution in [3.05, 3.63) is 17.8 Å². The molecule has 0 radical (unpaired) electrons. The summed E-state index contributed by atoms with van der Waals surface area (Å²) in [6, 6.07) is 3.46. The maximum atomic E-state index is 12.6. The minimum Gasteiger partial charge on any atom is -0.371 e. The predicted molar refractivity (Wildman–Crippen MR) is 76.8 cm³/mol. The van der Waals surface area contributed by atoms with Gasteiger partial charge in [-0.15, -0.1) is 5.10 Å². The lowest BCUT2D eigenvalue weighted by Crippen LogP contribution is -2.49. The standard InChI is InChI=1S/C14H19N5O2/c1-3-9-7-19(8-10(4-2)21-9)14(20)12-6-5-11-13(15-12)17-18-16-11/h5-6,9-10H,3-4,7-8H2,1-2H3,(H,15,16,17,18). The Balaban J connectivity index is 1.82. The number of H-pyrrole nitrogens is 1. The van der Waals surface area contributed by atoms with Crippen LogP contribution in [0.3, 0.4) is 0 Å². The zero-order valence-corrected chi connectivity index (χ0v) is 12.2. The minimum atomic E-state index is -0.0694. The molecule has 21 heavy (non-hydrogen) atoms. The van der Waals surface area contributed by atoms with E-state index in [1.54, 1.807) is 12.1 Å². The maximum absolute atomic E-state index is 12.6. The molecule has 0 bridgehead atoms. The van der Waals surface area contributed by atoms with Gasteiger partial charge in [0.1, 0.15) is 11.2 Å². The average Bonchev–Trinajstić information content (AvgIpc) is 3.01. The van der Waals surface area contributed by atoms with E-state index in [1.165, 1.54) is 0 Å². The first-order valence-electron chi connectivity index (χ1n) is 7.33. The van der Waals surface area contributed by atoms with Crippen LogP contribution >= 0.6 is 0 Å². The number of carbonyl (C=O) groups is 1. The van der Waals surface area contributed by atoms with E-state index < -0.39 is 0 Å². The summed E-state index contributed by atoms with van der Waals surface area (Å²) < 4.78 is 5.92. The van der Waals surface area contributed by atoms with Crippen molar-refractivity contribution >= 4 is 17.1 Å². The summed E-state index contributed by atoms with van der Waals surface area (Å²) in [6.45, 7) is 5.38. The topological polar surface area (TPSA) is 84.0 Å². The van der Waals surface area contributed by atoms with Crippen molar-refractivity contribution < 1.29 is 9.53 Å². The van der Waals surface area contributed by atoms with Crippen LogP contribution in [-0.2, 0) is 4.74 Å². The molecular weight excluding hydrogens is 270 g/mol. The molecule has 2 atom stereocenters. The van der Waals surface area contributed by atoms with Gasteiger partial charge in [0.2, 0.25) is 5.65 Å². The molecule has 112 valence electrons. The molecule has 1 N–H and O–H groups in total. The molecule has 2 aromatic rings. The zero-order valence-electron chi connectivity index (χ0n) is 12.2. The summed E-state index contributed by atoms with van der Waals surface area (Å²) in [5.74, 6) is -0.0694. The Labute approximate surface area is 122 Å². The van der Waals surface area contributed by atoms with Crippen molar-refractivity contribution in [1.82, 2.24) is 25.3 Å². The number of ether oxygens (including phenoxy) is 1. The quantitative estimate of drug-likeness (QED) is 0.923. The Morgan fingerprint density at radius 2 is 2.00 bits per heavy atom. The molecule has 0 aromatic carbocycles. The number of pyridine rings is 1. The minimum absolute atomic E-state index is 0.0694.